The van der Waals surface area contributed by atoms with Crippen molar-refractivity contribution >= 4 is 18.0 Å². The minimum absolute atomic E-state index is 0.0786. The van der Waals surface area contributed by atoms with E-state index in [4.69, 9.17) is 15.6 Å². The average Bonchev–Trinajstić information content (AvgIpc) is 2.57. The number of carboxylic acids is 1. The molecule has 2 amide bonds. The Morgan fingerprint density at radius 3 is 2.46 bits per heavy atom. The molecule has 0 spiro atoms. The van der Waals surface area contributed by atoms with E-state index in [0.717, 1.165) is 5.56 Å². The molecule has 0 heterocycles. The second-order valence-corrected chi connectivity index (χ2v) is 5.26. The summed E-state index contributed by atoms with van der Waals surface area (Å²) in [7, 11) is 0. The molecule has 24 heavy (non-hydrogen) atoms. The maximum atomic E-state index is 12.0. The van der Waals surface area contributed by atoms with Crippen LogP contribution in [0, 0.1) is 0 Å². The van der Waals surface area contributed by atoms with Crippen molar-refractivity contribution in [2.24, 2.45) is 5.73 Å². The maximum absolute atomic E-state index is 12.0. The molecule has 0 aliphatic rings. The molecular weight excluding hydrogens is 314 g/mol. The molecule has 0 aromatic heterocycles. The van der Waals surface area contributed by atoms with Crippen LogP contribution in [0.25, 0.3) is 0 Å². The number of nitrogens with one attached hydrogen (secondary N) is 2. The lowest BCUT2D eigenvalue weighted by Crippen LogP contribution is -2.50. The van der Waals surface area contributed by atoms with Crippen LogP contribution in [0.1, 0.15) is 25.3 Å². The molecule has 1 rings (SSSR count). The minimum atomic E-state index is -1.14. The maximum Gasteiger partial charge on any atom is 0.408 e. The molecule has 0 fully saturated rings. The molecular formula is C16H23N3O5. The fraction of sp³-hybridized carbons (Fsp3) is 0.438. The Bertz CT molecular complexity index is 550. The monoisotopic (exact) mass is 337 g/mol. The first kappa shape index (κ1) is 19.4. The molecule has 0 aliphatic heterocycles. The van der Waals surface area contributed by atoms with E-state index in [1.165, 1.54) is 6.92 Å². The summed E-state index contributed by atoms with van der Waals surface area (Å²) >= 11 is 0. The van der Waals surface area contributed by atoms with Crippen molar-refractivity contribution in [1.29, 1.82) is 0 Å². The topological polar surface area (TPSA) is 131 Å². The zero-order valence-electron chi connectivity index (χ0n) is 13.5. The van der Waals surface area contributed by atoms with Gasteiger partial charge in [0.15, 0.2) is 0 Å². The molecule has 0 saturated carbocycles. The van der Waals surface area contributed by atoms with Crippen molar-refractivity contribution in [2.45, 2.75) is 38.5 Å². The van der Waals surface area contributed by atoms with E-state index < -0.39 is 30.1 Å². The third-order valence-electron chi connectivity index (χ3n) is 3.25. The molecule has 0 bridgehead atoms. The summed E-state index contributed by atoms with van der Waals surface area (Å²) in [4.78, 5) is 34.7. The van der Waals surface area contributed by atoms with E-state index in [9.17, 15) is 14.4 Å². The molecule has 1 aromatic rings. The number of nitrogens with two attached hydrogens (primary N) is 1. The van der Waals surface area contributed by atoms with Crippen molar-refractivity contribution in [3.63, 3.8) is 0 Å². The molecule has 0 unspecified atom stereocenters. The fourth-order valence-corrected chi connectivity index (χ4v) is 1.88. The number of carbonyl (C=O) groups is 3. The molecule has 8 heteroatoms. The number of ether oxygens (including phenoxy) is 1. The summed E-state index contributed by atoms with van der Waals surface area (Å²) in [5, 5.41) is 13.8. The lowest BCUT2D eigenvalue weighted by atomic mass is 10.1. The standard InChI is InChI=1S/C16H23N3O5/c1-11(14(20)19-13(15(21)22)8-5-9-17)18-16(23)24-10-12-6-3-2-4-7-12/h2-4,6-7,11,13H,5,8-10,17H2,1H3,(H,18,23)(H,19,20)(H,21,22)/t11-,13-/m1/s1. The van der Waals surface area contributed by atoms with Gasteiger partial charge in [-0.2, -0.15) is 0 Å². The highest BCUT2D eigenvalue weighted by molar-refractivity contribution is 5.88. The van der Waals surface area contributed by atoms with Crippen LogP contribution in [0.15, 0.2) is 30.3 Å². The number of aliphatic carboxylic acids is 1. The van der Waals surface area contributed by atoms with Crippen LogP contribution in [-0.2, 0) is 20.9 Å². The van der Waals surface area contributed by atoms with Crippen molar-refractivity contribution in [2.75, 3.05) is 6.54 Å². The smallest absolute Gasteiger partial charge is 0.408 e. The van der Waals surface area contributed by atoms with Crippen LogP contribution < -0.4 is 16.4 Å². The van der Waals surface area contributed by atoms with E-state index in [-0.39, 0.29) is 13.0 Å². The van der Waals surface area contributed by atoms with Crippen molar-refractivity contribution in [3.05, 3.63) is 35.9 Å². The third kappa shape index (κ3) is 7.10. The second-order valence-electron chi connectivity index (χ2n) is 5.26. The Hall–Kier alpha value is -2.61. The Morgan fingerprint density at radius 1 is 1.21 bits per heavy atom. The van der Waals surface area contributed by atoms with Gasteiger partial charge in [0.2, 0.25) is 5.91 Å². The van der Waals surface area contributed by atoms with E-state index in [1.807, 2.05) is 18.2 Å². The summed E-state index contributed by atoms with van der Waals surface area (Å²) in [6, 6.07) is 7.13. The highest BCUT2D eigenvalue weighted by atomic mass is 16.5. The van der Waals surface area contributed by atoms with Gasteiger partial charge < -0.3 is 26.2 Å². The second kappa shape index (κ2) is 10.2. The van der Waals surface area contributed by atoms with Crippen LogP contribution >= 0.6 is 0 Å². The lowest BCUT2D eigenvalue weighted by molar-refractivity contribution is -0.142. The summed E-state index contributed by atoms with van der Waals surface area (Å²) < 4.78 is 5.00. The SMILES string of the molecule is C[C@@H](NC(=O)OCc1ccccc1)C(=O)N[C@H](CCCN)C(=O)O. The van der Waals surface area contributed by atoms with Crippen molar-refractivity contribution in [1.82, 2.24) is 10.6 Å². The van der Waals surface area contributed by atoms with Gasteiger partial charge in [-0.1, -0.05) is 30.3 Å². The predicted molar refractivity (Wildman–Crippen MR) is 87.1 cm³/mol. The molecule has 0 saturated heterocycles. The van der Waals surface area contributed by atoms with E-state index >= 15 is 0 Å². The third-order valence-corrected chi connectivity index (χ3v) is 3.25. The Kier molecular flexibility index (Phi) is 8.28. The zero-order valence-corrected chi connectivity index (χ0v) is 13.5. The Morgan fingerprint density at radius 2 is 1.88 bits per heavy atom. The van der Waals surface area contributed by atoms with Gasteiger partial charge in [0.25, 0.3) is 0 Å². The van der Waals surface area contributed by atoms with E-state index in [0.29, 0.717) is 13.0 Å². The van der Waals surface area contributed by atoms with Crippen LogP contribution in [-0.4, -0.2) is 41.7 Å². The highest BCUT2D eigenvalue weighted by Crippen LogP contribution is 2.01. The first-order valence-corrected chi connectivity index (χ1v) is 7.64. The summed E-state index contributed by atoms with van der Waals surface area (Å²) in [6.45, 7) is 1.86. The minimum Gasteiger partial charge on any atom is -0.480 e. The molecule has 8 nitrogen and oxygen atoms in total. The predicted octanol–water partition coefficient (Wildman–Crippen LogP) is 0.610. The Labute approximate surface area is 140 Å². The molecule has 0 aliphatic carbocycles. The number of alkyl carbamates (subject to hydrolysis) is 1. The number of amides is 2. The van der Waals surface area contributed by atoms with Crippen LogP contribution in [0.5, 0.6) is 0 Å². The van der Waals surface area contributed by atoms with E-state index in [2.05, 4.69) is 10.6 Å². The van der Waals surface area contributed by atoms with Gasteiger partial charge in [0, 0.05) is 0 Å². The molecule has 0 radical (unpaired) electrons. The molecule has 2 atom stereocenters. The number of carboxylic acid groups (broad SMARTS) is 1. The normalized spacial score (nSPS) is 12.8. The molecule has 5 N–H and O–H groups in total. The van der Waals surface area contributed by atoms with Gasteiger partial charge in [-0.25, -0.2) is 9.59 Å². The summed E-state index contributed by atoms with van der Waals surface area (Å²) in [5.74, 6) is -1.74. The number of carbonyl (C=O) groups excluding carboxylic acids is 2. The van der Waals surface area contributed by atoms with Crippen molar-refractivity contribution < 1.29 is 24.2 Å². The van der Waals surface area contributed by atoms with Gasteiger partial charge in [-0.3, -0.25) is 4.79 Å². The zero-order chi connectivity index (χ0) is 17.9. The number of hydrogen-bond donors (Lipinski definition) is 4. The summed E-state index contributed by atoms with van der Waals surface area (Å²) in [5.41, 5.74) is 6.15. The van der Waals surface area contributed by atoms with Gasteiger partial charge in [0.1, 0.15) is 18.7 Å². The van der Waals surface area contributed by atoms with Gasteiger partial charge in [-0.05, 0) is 31.9 Å². The number of rotatable bonds is 9. The first-order chi connectivity index (χ1) is 11.4. The quantitative estimate of drug-likeness (QED) is 0.522. The van der Waals surface area contributed by atoms with Gasteiger partial charge >= 0.3 is 12.1 Å². The van der Waals surface area contributed by atoms with Gasteiger partial charge in [0.05, 0.1) is 0 Å². The fourth-order valence-electron chi connectivity index (χ4n) is 1.88. The average molecular weight is 337 g/mol. The van der Waals surface area contributed by atoms with Crippen molar-refractivity contribution in [3.8, 4) is 0 Å². The largest absolute Gasteiger partial charge is 0.480 e. The van der Waals surface area contributed by atoms with Crippen LogP contribution in [0.4, 0.5) is 4.79 Å². The Balaban J connectivity index is 2.41. The first-order valence-electron chi connectivity index (χ1n) is 7.64. The van der Waals surface area contributed by atoms with E-state index in [1.54, 1.807) is 12.1 Å². The van der Waals surface area contributed by atoms with Crippen LogP contribution in [0.2, 0.25) is 0 Å². The number of hydrogen-bond acceptors (Lipinski definition) is 5. The highest BCUT2D eigenvalue weighted by Gasteiger charge is 2.23. The molecule has 1 aromatic carbocycles. The number of benzene rings is 1. The van der Waals surface area contributed by atoms with Crippen LogP contribution in [0.3, 0.4) is 0 Å². The lowest BCUT2D eigenvalue weighted by Gasteiger charge is -2.18. The van der Waals surface area contributed by atoms with Gasteiger partial charge in [-0.15, -0.1) is 0 Å². The molecule has 132 valence electrons. The summed E-state index contributed by atoms with van der Waals surface area (Å²) in [6.07, 6.45) is -0.0590.